The van der Waals surface area contributed by atoms with Crippen molar-refractivity contribution in [2.75, 3.05) is 6.61 Å². The van der Waals surface area contributed by atoms with Crippen molar-refractivity contribution in [1.82, 2.24) is 5.32 Å². The molecule has 0 fully saturated rings. The van der Waals surface area contributed by atoms with Crippen LogP contribution in [0.25, 0.3) is 6.08 Å². The first-order valence-corrected chi connectivity index (χ1v) is 7.49. The smallest absolute Gasteiger partial charge is 0.244 e. The van der Waals surface area contributed by atoms with Crippen LogP contribution in [0.2, 0.25) is 0 Å². The molecule has 0 aliphatic heterocycles. The van der Waals surface area contributed by atoms with E-state index in [2.05, 4.69) is 12.2 Å². The van der Waals surface area contributed by atoms with Crippen LogP contribution in [0.1, 0.15) is 31.1 Å². The molecule has 1 N–H and O–H groups in total. The Bertz CT molecular complexity index is 603. The third-order valence-corrected chi connectivity index (χ3v) is 3.11. The van der Waals surface area contributed by atoms with Crippen LogP contribution < -0.4 is 10.1 Å². The highest BCUT2D eigenvalue weighted by Crippen LogP contribution is 2.19. The minimum atomic E-state index is -0.167. The molecule has 0 saturated heterocycles. The summed E-state index contributed by atoms with van der Waals surface area (Å²) < 4.78 is 10.9. The Kier molecular flexibility index (Phi) is 6.30. The number of amides is 1. The van der Waals surface area contributed by atoms with Crippen LogP contribution in [-0.4, -0.2) is 12.5 Å². The molecule has 4 nitrogen and oxygen atoms in total. The fourth-order valence-electron chi connectivity index (χ4n) is 1.89. The van der Waals surface area contributed by atoms with Crippen LogP contribution in [-0.2, 0) is 11.3 Å². The van der Waals surface area contributed by atoms with E-state index >= 15 is 0 Å². The molecule has 0 radical (unpaired) electrons. The van der Waals surface area contributed by atoms with Crippen molar-refractivity contribution in [3.8, 4) is 5.75 Å². The second-order valence-electron chi connectivity index (χ2n) is 4.87. The van der Waals surface area contributed by atoms with Crippen LogP contribution in [0.15, 0.2) is 53.2 Å². The molecular formula is C18H21NO3. The lowest BCUT2D eigenvalue weighted by Gasteiger charge is -2.08. The standard InChI is InChI=1S/C18H21NO3/c1-2-3-12-22-17-9-5-4-7-15(17)10-11-18(20)19-14-16-8-6-13-21-16/h4-11,13H,2-3,12,14H2,1H3,(H,19,20)/b11-10+. The molecule has 116 valence electrons. The number of nitrogens with one attached hydrogen (secondary N) is 1. The number of carbonyl (C=O) groups excluding carboxylic acids is 1. The quantitative estimate of drug-likeness (QED) is 0.596. The summed E-state index contributed by atoms with van der Waals surface area (Å²) in [5.74, 6) is 1.36. The second-order valence-corrected chi connectivity index (χ2v) is 4.87. The van der Waals surface area contributed by atoms with Crippen LogP contribution in [0.4, 0.5) is 0 Å². The zero-order chi connectivity index (χ0) is 15.6. The number of hydrogen-bond donors (Lipinski definition) is 1. The third kappa shape index (κ3) is 5.13. The van der Waals surface area contributed by atoms with Crippen LogP contribution in [0, 0.1) is 0 Å². The lowest BCUT2D eigenvalue weighted by molar-refractivity contribution is -0.116. The van der Waals surface area contributed by atoms with Gasteiger partial charge in [0.15, 0.2) is 0 Å². The summed E-state index contributed by atoms with van der Waals surface area (Å²) in [4.78, 5) is 11.8. The van der Waals surface area contributed by atoms with E-state index in [1.807, 2.05) is 30.3 Å². The minimum Gasteiger partial charge on any atom is -0.493 e. The van der Waals surface area contributed by atoms with Gasteiger partial charge >= 0.3 is 0 Å². The molecular weight excluding hydrogens is 278 g/mol. The zero-order valence-corrected chi connectivity index (χ0v) is 12.7. The van der Waals surface area contributed by atoms with Gasteiger partial charge in [-0.05, 0) is 30.7 Å². The number of ether oxygens (including phenoxy) is 1. The molecule has 0 spiro atoms. The third-order valence-electron chi connectivity index (χ3n) is 3.11. The number of furan rings is 1. The molecule has 0 atom stereocenters. The predicted octanol–water partition coefficient (Wildman–Crippen LogP) is 3.79. The van der Waals surface area contributed by atoms with Gasteiger partial charge in [0.25, 0.3) is 0 Å². The van der Waals surface area contributed by atoms with E-state index in [1.165, 1.54) is 6.08 Å². The maximum Gasteiger partial charge on any atom is 0.244 e. The van der Waals surface area contributed by atoms with E-state index in [1.54, 1.807) is 18.4 Å². The molecule has 0 saturated carbocycles. The lowest BCUT2D eigenvalue weighted by atomic mass is 10.2. The Labute approximate surface area is 130 Å². The summed E-state index contributed by atoms with van der Waals surface area (Å²) in [7, 11) is 0. The van der Waals surface area contributed by atoms with Crippen molar-refractivity contribution < 1.29 is 13.9 Å². The number of rotatable bonds is 8. The van der Waals surface area contributed by atoms with E-state index < -0.39 is 0 Å². The summed E-state index contributed by atoms with van der Waals surface area (Å²) in [6.07, 6.45) is 6.96. The molecule has 1 aromatic carbocycles. The van der Waals surface area contributed by atoms with Crippen molar-refractivity contribution >= 4 is 12.0 Å². The second kappa shape index (κ2) is 8.72. The van der Waals surface area contributed by atoms with Gasteiger partial charge in [0.2, 0.25) is 5.91 Å². The molecule has 0 aliphatic carbocycles. The van der Waals surface area contributed by atoms with E-state index in [0.29, 0.717) is 13.2 Å². The monoisotopic (exact) mass is 299 g/mol. The first-order chi connectivity index (χ1) is 10.8. The largest absolute Gasteiger partial charge is 0.493 e. The summed E-state index contributed by atoms with van der Waals surface area (Å²) in [6.45, 7) is 3.19. The maximum atomic E-state index is 11.8. The molecule has 2 aromatic rings. The van der Waals surface area contributed by atoms with Gasteiger partial charge in [-0.15, -0.1) is 0 Å². The van der Waals surface area contributed by atoms with Crippen molar-refractivity contribution in [2.24, 2.45) is 0 Å². The van der Waals surface area contributed by atoms with Gasteiger partial charge in [-0.3, -0.25) is 4.79 Å². The number of carbonyl (C=O) groups is 1. The molecule has 2 rings (SSSR count). The van der Waals surface area contributed by atoms with Crippen molar-refractivity contribution in [3.63, 3.8) is 0 Å². The summed E-state index contributed by atoms with van der Waals surface area (Å²) >= 11 is 0. The van der Waals surface area contributed by atoms with Gasteiger partial charge in [0.1, 0.15) is 11.5 Å². The Morgan fingerprint density at radius 3 is 2.91 bits per heavy atom. The number of benzene rings is 1. The van der Waals surface area contributed by atoms with Crippen molar-refractivity contribution in [2.45, 2.75) is 26.3 Å². The molecule has 4 heteroatoms. The highest BCUT2D eigenvalue weighted by molar-refractivity contribution is 5.92. The first kappa shape index (κ1) is 15.9. The normalized spacial score (nSPS) is 10.8. The van der Waals surface area contributed by atoms with Gasteiger partial charge in [0, 0.05) is 11.6 Å². The molecule has 0 unspecified atom stereocenters. The van der Waals surface area contributed by atoms with Gasteiger partial charge < -0.3 is 14.5 Å². The van der Waals surface area contributed by atoms with Gasteiger partial charge in [-0.1, -0.05) is 31.5 Å². The topological polar surface area (TPSA) is 51.5 Å². The van der Waals surface area contributed by atoms with Crippen LogP contribution in [0.3, 0.4) is 0 Å². The maximum absolute atomic E-state index is 11.8. The van der Waals surface area contributed by atoms with Crippen LogP contribution in [0.5, 0.6) is 5.75 Å². The SMILES string of the molecule is CCCCOc1ccccc1/C=C/C(=O)NCc1ccco1. The summed E-state index contributed by atoms with van der Waals surface area (Å²) in [6, 6.07) is 11.3. The molecule has 0 aliphatic rings. The highest BCUT2D eigenvalue weighted by atomic mass is 16.5. The van der Waals surface area contributed by atoms with E-state index in [-0.39, 0.29) is 5.91 Å². The predicted molar refractivity (Wildman–Crippen MR) is 86.4 cm³/mol. The Morgan fingerprint density at radius 2 is 2.14 bits per heavy atom. The van der Waals surface area contributed by atoms with Gasteiger partial charge in [-0.2, -0.15) is 0 Å². The Hall–Kier alpha value is -2.49. The van der Waals surface area contributed by atoms with E-state index in [0.717, 1.165) is 29.9 Å². The summed E-state index contributed by atoms with van der Waals surface area (Å²) in [5.41, 5.74) is 0.895. The fourth-order valence-corrected chi connectivity index (χ4v) is 1.89. The number of unbranched alkanes of at least 4 members (excludes halogenated alkanes) is 1. The van der Waals surface area contributed by atoms with Crippen molar-refractivity contribution in [1.29, 1.82) is 0 Å². The number of para-hydroxylation sites is 1. The Balaban J connectivity index is 1.89. The van der Waals surface area contributed by atoms with Crippen LogP contribution >= 0.6 is 0 Å². The van der Waals surface area contributed by atoms with Gasteiger partial charge in [-0.25, -0.2) is 0 Å². The molecule has 0 bridgehead atoms. The van der Waals surface area contributed by atoms with E-state index in [9.17, 15) is 4.79 Å². The molecule has 1 aromatic heterocycles. The van der Waals surface area contributed by atoms with Crippen molar-refractivity contribution in [3.05, 3.63) is 60.1 Å². The lowest BCUT2D eigenvalue weighted by Crippen LogP contribution is -2.19. The summed E-state index contributed by atoms with van der Waals surface area (Å²) in [5, 5.41) is 2.77. The van der Waals surface area contributed by atoms with Gasteiger partial charge in [0.05, 0.1) is 19.4 Å². The minimum absolute atomic E-state index is 0.167. The highest BCUT2D eigenvalue weighted by Gasteiger charge is 2.02. The average Bonchev–Trinajstić information content (AvgIpc) is 3.05. The fraction of sp³-hybridized carbons (Fsp3) is 0.278. The molecule has 22 heavy (non-hydrogen) atoms. The molecule has 1 heterocycles. The number of hydrogen-bond acceptors (Lipinski definition) is 3. The first-order valence-electron chi connectivity index (χ1n) is 7.49. The van der Waals surface area contributed by atoms with E-state index in [4.69, 9.17) is 9.15 Å². The molecule has 1 amide bonds. The average molecular weight is 299 g/mol. The zero-order valence-electron chi connectivity index (χ0n) is 12.7. The Morgan fingerprint density at radius 1 is 1.27 bits per heavy atom.